The second-order valence-corrected chi connectivity index (χ2v) is 14.3. The van der Waals surface area contributed by atoms with Crippen LogP contribution >= 0.6 is 31.9 Å². The van der Waals surface area contributed by atoms with Gasteiger partial charge in [-0.25, -0.2) is 0 Å². The van der Waals surface area contributed by atoms with E-state index >= 15 is 0 Å². The Kier molecular flexibility index (Phi) is 9.88. The Bertz CT molecular complexity index is 1500. The van der Waals surface area contributed by atoms with Gasteiger partial charge in [0.25, 0.3) is 0 Å². The van der Waals surface area contributed by atoms with Gasteiger partial charge in [-0.1, -0.05) is 105 Å². The number of halogens is 2. The zero-order chi connectivity index (χ0) is 30.6. The molecule has 4 aromatic rings. The first-order chi connectivity index (χ1) is 22.1. The highest BCUT2D eigenvalue weighted by atomic mass is 79.9. The van der Waals surface area contributed by atoms with Crippen molar-refractivity contribution in [3.63, 3.8) is 0 Å². The van der Waals surface area contributed by atoms with E-state index in [0.717, 1.165) is 71.4 Å². The lowest BCUT2D eigenvalue weighted by Crippen LogP contribution is -2.25. The minimum atomic E-state index is -0.219. The summed E-state index contributed by atoms with van der Waals surface area (Å²) in [6, 6.07) is 31.3. The van der Waals surface area contributed by atoms with Gasteiger partial charge < -0.3 is 18.9 Å². The third-order valence-electron chi connectivity index (χ3n) is 9.61. The lowest BCUT2D eigenvalue weighted by molar-refractivity contribution is -0.0443. The maximum absolute atomic E-state index is 5.75. The van der Waals surface area contributed by atoms with E-state index in [1.807, 2.05) is 0 Å². The minimum absolute atomic E-state index is 0.0149. The molecule has 7 rings (SSSR count). The number of fused-ring (bicyclic) bond motifs is 3. The second kappa shape index (κ2) is 14.2. The monoisotopic (exact) mass is 730 g/mol. The third kappa shape index (κ3) is 6.88. The molecule has 0 amide bonds. The standard InChI is InChI=1S/C39H40Br2O4/c40-31-13-15-33-34-16-14-32(41)26-36(34)39(35(33)25-31,17-3-1-7-27-9-5-11-29(23-27)37-42-19-20-43-37)18-4-2-8-28-10-6-12-30(24-28)38-44-21-22-45-38/h5-6,9-16,23-26,37-38H,1-4,7-8,17-22H2. The van der Waals surface area contributed by atoms with Gasteiger partial charge in [0, 0.05) is 25.5 Å². The number of unbranched alkanes of at least 4 members (excludes halogenated alkanes) is 2. The minimum Gasteiger partial charge on any atom is -0.346 e. The molecule has 0 radical (unpaired) electrons. The van der Waals surface area contributed by atoms with Gasteiger partial charge in [0.05, 0.1) is 26.4 Å². The van der Waals surface area contributed by atoms with E-state index in [-0.39, 0.29) is 18.0 Å². The second-order valence-electron chi connectivity index (χ2n) is 12.5. The molecule has 234 valence electrons. The Hall–Kier alpha value is -2.32. The van der Waals surface area contributed by atoms with Crippen LogP contribution in [0.25, 0.3) is 11.1 Å². The fourth-order valence-corrected chi connectivity index (χ4v) is 8.23. The van der Waals surface area contributed by atoms with E-state index in [1.54, 1.807) is 0 Å². The number of hydrogen-bond acceptors (Lipinski definition) is 4. The third-order valence-corrected chi connectivity index (χ3v) is 10.6. The molecule has 4 nitrogen and oxygen atoms in total. The quantitative estimate of drug-likeness (QED) is 0.136. The summed E-state index contributed by atoms with van der Waals surface area (Å²) in [6.07, 6.45) is 8.51. The number of hydrogen-bond donors (Lipinski definition) is 0. The Balaban J connectivity index is 1.08. The van der Waals surface area contributed by atoms with Crippen LogP contribution in [0.15, 0.2) is 93.9 Å². The van der Waals surface area contributed by atoms with Crippen molar-refractivity contribution in [3.05, 3.63) is 127 Å². The highest BCUT2D eigenvalue weighted by Crippen LogP contribution is 2.55. The van der Waals surface area contributed by atoms with Gasteiger partial charge in [0.15, 0.2) is 12.6 Å². The topological polar surface area (TPSA) is 36.9 Å². The van der Waals surface area contributed by atoms with Gasteiger partial charge in [0.1, 0.15) is 0 Å². The molecule has 45 heavy (non-hydrogen) atoms. The van der Waals surface area contributed by atoms with Crippen LogP contribution in [0.2, 0.25) is 0 Å². The maximum Gasteiger partial charge on any atom is 0.184 e. The van der Waals surface area contributed by atoms with Gasteiger partial charge in [-0.05, 0) is 96.2 Å². The summed E-state index contributed by atoms with van der Waals surface area (Å²) in [5.41, 5.74) is 10.7. The normalized spacial score (nSPS) is 17.6. The van der Waals surface area contributed by atoms with E-state index in [4.69, 9.17) is 18.9 Å². The molecular formula is C39H40Br2O4. The van der Waals surface area contributed by atoms with Crippen molar-refractivity contribution in [1.29, 1.82) is 0 Å². The molecule has 2 heterocycles. The Morgan fingerprint density at radius 3 is 1.42 bits per heavy atom. The molecule has 0 aromatic heterocycles. The number of ether oxygens (including phenoxy) is 4. The first kappa shape index (κ1) is 31.3. The zero-order valence-electron chi connectivity index (χ0n) is 25.6. The summed E-state index contributed by atoms with van der Waals surface area (Å²) in [7, 11) is 0. The summed E-state index contributed by atoms with van der Waals surface area (Å²) in [5, 5.41) is 0. The molecule has 2 fully saturated rings. The molecule has 6 heteroatoms. The van der Waals surface area contributed by atoms with Crippen molar-refractivity contribution >= 4 is 31.9 Å². The van der Waals surface area contributed by atoms with Crippen molar-refractivity contribution in [2.24, 2.45) is 0 Å². The molecule has 0 atom stereocenters. The molecular weight excluding hydrogens is 692 g/mol. The van der Waals surface area contributed by atoms with Gasteiger partial charge >= 0.3 is 0 Å². The summed E-state index contributed by atoms with van der Waals surface area (Å²) in [4.78, 5) is 0. The van der Waals surface area contributed by atoms with Crippen LogP contribution in [0.4, 0.5) is 0 Å². The van der Waals surface area contributed by atoms with E-state index in [0.29, 0.717) is 26.4 Å². The van der Waals surface area contributed by atoms with Crippen LogP contribution in [0.1, 0.15) is 84.5 Å². The van der Waals surface area contributed by atoms with Gasteiger partial charge in [-0.2, -0.15) is 0 Å². The highest BCUT2D eigenvalue weighted by Gasteiger charge is 2.42. The average molecular weight is 733 g/mol. The molecule has 2 aliphatic heterocycles. The van der Waals surface area contributed by atoms with E-state index in [9.17, 15) is 0 Å². The first-order valence-corrected chi connectivity index (χ1v) is 17.9. The largest absolute Gasteiger partial charge is 0.346 e. The van der Waals surface area contributed by atoms with Crippen LogP contribution in [-0.4, -0.2) is 26.4 Å². The molecule has 1 aliphatic carbocycles. The summed E-state index contributed by atoms with van der Waals surface area (Å²) < 4.78 is 25.3. The van der Waals surface area contributed by atoms with Gasteiger partial charge in [-0.3, -0.25) is 0 Å². The predicted molar refractivity (Wildman–Crippen MR) is 185 cm³/mol. The summed E-state index contributed by atoms with van der Waals surface area (Å²) in [5.74, 6) is 0. The molecule has 0 bridgehead atoms. The Labute approximate surface area is 283 Å². The molecule has 0 saturated carbocycles. The number of aryl methyl sites for hydroxylation is 2. The fraction of sp³-hybridized carbons (Fsp3) is 0.385. The molecule has 0 spiro atoms. The van der Waals surface area contributed by atoms with Crippen LogP contribution in [0.3, 0.4) is 0 Å². The zero-order valence-corrected chi connectivity index (χ0v) is 28.8. The van der Waals surface area contributed by atoms with Gasteiger partial charge in [-0.15, -0.1) is 0 Å². The molecule has 2 saturated heterocycles. The first-order valence-electron chi connectivity index (χ1n) is 16.3. The highest BCUT2D eigenvalue weighted by molar-refractivity contribution is 9.10. The SMILES string of the molecule is Brc1ccc2c(c1)C(CCCCc1cccc(C3OCCO3)c1)(CCCCc1cccc(C3OCCO3)c1)c1cc(Br)ccc1-2. The Morgan fingerprint density at radius 1 is 0.533 bits per heavy atom. The number of rotatable bonds is 12. The number of benzene rings is 4. The average Bonchev–Trinajstić information content (AvgIpc) is 3.84. The molecule has 0 unspecified atom stereocenters. The summed E-state index contributed by atoms with van der Waals surface area (Å²) in [6.45, 7) is 2.68. The molecule has 4 aromatic carbocycles. The Morgan fingerprint density at radius 2 is 0.978 bits per heavy atom. The predicted octanol–water partition coefficient (Wildman–Crippen LogP) is 10.4. The van der Waals surface area contributed by atoms with Crippen LogP contribution in [0, 0.1) is 0 Å². The fourth-order valence-electron chi connectivity index (χ4n) is 7.51. The summed E-state index contributed by atoms with van der Waals surface area (Å²) >= 11 is 7.64. The van der Waals surface area contributed by atoms with E-state index in [1.165, 1.54) is 33.4 Å². The van der Waals surface area contributed by atoms with E-state index < -0.39 is 0 Å². The van der Waals surface area contributed by atoms with Crippen molar-refractivity contribution in [2.75, 3.05) is 26.4 Å². The molecule has 0 N–H and O–H groups in total. The van der Waals surface area contributed by atoms with Crippen LogP contribution in [-0.2, 0) is 37.2 Å². The van der Waals surface area contributed by atoms with Crippen molar-refractivity contribution in [1.82, 2.24) is 0 Å². The van der Waals surface area contributed by atoms with Crippen LogP contribution < -0.4 is 0 Å². The van der Waals surface area contributed by atoms with Crippen LogP contribution in [0.5, 0.6) is 0 Å². The lowest BCUT2D eigenvalue weighted by atomic mass is 9.70. The molecule has 3 aliphatic rings. The maximum atomic E-state index is 5.75. The lowest BCUT2D eigenvalue weighted by Gasteiger charge is -2.33. The van der Waals surface area contributed by atoms with Gasteiger partial charge in [0.2, 0.25) is 0 Å². The van der Waals surface area contributed by atoms with Crippen molar-refractivity contribution in [3.8, 4) is 11.1 Å². The van der Waals surface area contributed by atoms with E-state index in [2.05, 4.69) is 117 Å². The smallest absolute Gasteiger partial charge is 0.184 e. The van der Waals surface area contributed by atoms with Crippen molar-refractivity contribution < 1.29 is 18.9 Å². The van der Waals surface area contributed by atoms with Crippen molar-refractivity contribution in [2.45, 2.75) is 69.4 Å².